The number of amides is 2. The van der Waals surface area contributed by atoms with Gasteiger partial charge in [-0.25, -0.2) is 13.1 Å². The second kappa shape index (κ2) is 6.97. The van der Waals surface area contributed by atoms with Crippen molar-refractivity contribution in [3.05, 3.63) is 58.1 Å². The van der Waals surface area contributed by atoms with E-state index in [-0.39, 0.29) is 17.2 Å². The van der Waals surface area contributed by atoms with Crippen molar-refractivity contribution in [1.82, 2.24) is 4.72 Å². The third-order valence-electron chi connectivity index (χ3n) is 3.81. The Bertz CT molecular complexity index is 940. The Morgan fingerprint density at radius 1 is 1.12 bits per heavy atom. The fourth-order valence-electron chi connectivity index (χ4n) is 2.56. The third-order valence-corrected chi connectivity index (χ3v) is 5.71. The van der Waals surface area contributed by atoms with Crippen LogP contribution in [-0.2, 0) is 32.5 Å². The molecule has 0 fully saturated rings. The largest absolute Gasteiger partial charge is 0.326 e. The van der Waals surface area contributed by atoms with Crippen LogP contribution >= 0.6 is 15.9 Å². The first kappa shape index (κ1) is 17.6. The van der Waals surface area contributed by atoms with Crippen LogP contribution in [0.4, 0.5) is 5.69 Å². The van der Waals surface area contributed by atoms with E-state index in [1.165, 1.54) is 12.1 Å². The lowest BCUT2D eigenvalue weighted by atomic mass is 10.0. The van der Waals surface area contributed by atoms with Gasteiger partial charge in [0.1, 0.15) is 0 Å². The van der Waals surface area contributed by atoms with Crippen molar-refractivity contribution in [2.24, 2.45) is 0 Å². The monoisotopic (exact) mass is 422 g/mol. The second-order valence-electron chi connectivity index (χ2n) is 5.70. The quantitative estimate of drug-likeness (QED) is 0.790. The molecule has 0 radical (unpaired) electrons. The first-order valence-corrected chi connectivity index (χ1v) is 9.84. The maximum absolute atomic E-state index is 12.4. The second-order valence-corrected chi connectivity index (χ2v) is 8.30. The maximum Gasteiger partial charge on any atom is 0.264 e. The van der Waals surface area contributed by atoms with Crippen LogP contribution in [-0.4, -0.2) is 20.2 Å². The van der Waals surface area contributed by atoms with Crippen molar-refractivity contribution in [2.75, 3.05) is 5.32 Å². The Labute approximate surface area is 153 Å². The van der Waals surface area contributed by atoms with Gasteiger partial charge in [0.15, 0.2) is 0 Å². The summed E-state index contributed by atoms with van der Waals surface area (Å²) < 4.78 is 27.8. The van der Waals surface area contributed by atoms with E-state index in [2.05, 4.69) is 26.0 Å². The Kier molecular flexibility index (Phi) is 4.91. The van der Waals surface area contributed by atoms with Crippen molar-refractivity contribution >= 4 is 43.5 Å². The van der Waals surface area contributed by atoms with Gasteiger partial charge < -0.3 is 5.32 Å². The average Bonchev–Trinajstić information content (AvgIpc) is 2.56. The summed E-state index contributed by atoms with van der Waals surface area (Å²) in [5.74, 6) is -0.695. The molecule has 8 heteroatoms. The predicted octanol–water partition coefficient (Wildman–Crippen LogP) is 2.38. The van der Waals surface area contributed by atoms with Crippen LogP contribution in [0.1, 0.15) is 17.5 Å². The van der Waals surface area contributed by atoms with E-state index in [1.54, 1.807) is 30.3 Å². The number of benzene rings is 2. The number of carbonyl (C=O) groups excluding carboxylic acids is 2. The maximum atomic E-state index is 12.4. The number of rotatable bonds is 4. The van der Waals surface area contributed by atoms with Gasteiger partial charge in [0.25, 0.3) is 10.0 Å². The Balaban J connectivity index is 1.74. The van der Waals surface area contributed by atoms with Crippen LogP contribution in [0.2, 0.25) is 0 Å². The summed E-state index contributed by atoms with van der Waals surface area (Å²) in [6.45, 7) is 0. The molecule has 2 N–H and O–H groups in total. The van der Waals surface area contributed by atoms with Gasteiger partial charge in [-0.05, 0) is 47.9 Å². The van der Waals surface area contributed by atoms with Gasteiger partial charge >= 0.3 is 0 Å². The van der Waals surface area contributed by atoms with Crippen molar-refractivity contribution in [1.29, 1.82) is 0 Å². The molecule has 0 unspecified atom stereocenters. The van der Waals surface area contributed by atoms with Crippen molar-refractivity contribution in [3.8, 4) is 0 Å². The molecule has 0 atom stereocenters. The van der Waals surface area contributed by atoms with Crippen molar-refractivity contribution in [2.45, 2.75) is 24.2 Å². The van der Waals surface area contributed by atoms with E-state index in [4.69, 9.17) is 0 Å². The molecule has 3 rings (SSSR count). The minimum absolute atomic E-state index is 0.00607. The van der Waals surface area contributed by atoms with Crippen LogP contribution in [0.25, 0.3) is 0 Å². The lowest BCUT2D eigenvalue weighted by Gasteiger charge is -2.17. The molecule has 2 amide bonds. The van der Waals surface area contributed by atoms with Crippen LogP contribution in [0.3, 0.4) is 0 Å². The molecule has 1 aliphatic heterocycles. The van der Waals surface area contributed by atoms with Gasteiger partial charge in [-0.2, -0.15) is 0 Å². The lowest BCUT2D eigenvalue weighted by Crippen LogP contribution is -2.32. The first-order chi connectivity index (χ1) is 11.8. The number of halogens is 1. The Hall–Kier alpha value is -2.19. The standard InChI is InChI=1S/C17H15BrN2O4S/c18-13-4-1-11(2-5-13)9-17(22)20-25(23,24)14-6-7-15-12(10-14)3-8-16(21)19-15/h1-2,4-7,10H,3,8-9H2,(H,19,21)(H,20,22). The normalized spacial score (nSPS) is 13.7. The molecule has 2 aromatic carbocycles. The number of anilines is 1. The molecule has 0 aliphatic carbocycles. The number of fused-ring (bicyclic) bond motifs is 1. The first-order valence-electron chi connectivity index (χ1n) is 7.56. The zero-order chi connectivity index (χ0) is 18.0. The molecule has 0 saturated heterocycles. The number of sulfonamides is 1. The summed E-state index contributed by atoms with van der Waals surface area (Å²) in [5.41, 5.74) is 2.06. The molecular weight excluding hydrogens is 408 g/mol. The zero-order valence-electron chi connectivity index (χ0n) is 13.1. The molecular formula is C17H15BrN2O4S. The molecule has 0 saturated carbocycles. The van der Waals surface area contributed by atoms with E-state index in [9.17, 15) is 18.0 Å². The highest BCUT2D eigenvalue weighted by molar-refractivity contribution is 9.10. The number of hydrogen-bond acceptors (Lipinski definition) is 4. The highest BCUT2D eigenvalue weighted by Gasteiger charge is 2.21. The summed E-state index contributed by atoms with van der Waals surface area (Å²) >= 11 is 3.30. The lowest BCUT2D eigenvalue weighted by molar-refractivity contribution is -0.119. The number of aryl methyl sites for hydroxylation is 1. The average molecular weight is 423 g/mol. The smallest absolute Gasteiger partial charge is 0.264 e. The minimum atomic E-state index is -3.96. The molecule has 130 valence electrons. The molecule has 0 spiro atoms. The molecule has 0 bridgehead atoms. The third kappa shape index (κ3) is 4.26. The minimum Gasteiger partial charge on any atom is -0.326 e. The zero-order valence-corrected chi connectivity index (χ0v) is 15.5. The van der Waals surface area contributed by atoms with E-state index in [1.807, 2.05) is 0 Å². The molecule has 6 nitrogen and oxygen atoms in total. The van der Waals surface area contributed by atoms with Crippen molar-refractivity contribution < 1.29 is 18.0 Å². The topological polar surface area (TPSA) is 92.3 Å². The summed E-state index contributed by atoms with van der Waals surface area (Å²) in [5, 5.41) is 2.69. The SMILES string of the molecule is O=C1CCc2cc(S(=O)(=O)NC(=O)Cc3ccc(Br)cc3)ccc2N1. The summed E-state index contributed by atoms with van der Waals surface area (Å²) in [4.78, 5) is 23.4. The van der Waals surface area contributed by atoms with E-state index >= 15 is 0 Å². The van der Waals surface area contributed by atoms with Crippen LogP contribution in [0.15, 0.2) is 51.8 Å². The Morgan fingerprint density at radius 3 is 2.56 bits per heavy atom. The number of hydrogen-bond donors (Lipinski definition) is 2. The molecule has 1 aliphatic rings. The van der Waals surface area contributed by atoms with E-state index in [0.29, 0.717) is 24.1 Å². The van der Waals surface area contributed by atoms with Gasteiger partial charge in [0, 0.05) is 16.6 Å². The van der Waals surface area contributed by atoms with Gasteiger partial charge in [0.2, 0.25) is 11.8 Å². The fraction of sp³-hybridized carbons (Fsp3) is 0.176. The van der Waals surface area contributed by atoms with Gasteiger partial charge in [-0.1, -0.05) is 28.1 Å². The molecule has 1 heterocycles. The molecule has 2 aromatic rings. The van der Waals surface area contributed by atoms with Gasteiger partial charge in [0.05, 0.1) is 11.3 Å². The fourth-order valence-corrected chi connectivity index (χ4v) is 3.86. The predicted molar refractivity (Wildman–Crippen MR) is 96.6 cm³/mol. The highest BCUT2D eigenvalue weighted by Crippen LogP contribution is 2.25. The van der Waals surface area contributed by atoms with Crippen LogP contribution < -0.4 is 10.0 Å². The summed E-state index contributed by atoms with van der Waals surface area (Å²) in [6, 6.07) is 11.5. The molecule has 0 aromatic heterocycles. The summed E-state index contributed by atoms with van der Waals surface area (Å²) in [7, 11) is -3.96. The van der Waals surface area contributed by atoms with E-state index < -0.39 is 15.9 Å². The van der Waals surface area contributed by atoms with Crippen LogP contribution in [0.5, 0.6) is 0 Å². The Morgan fingerprint density at radius 2 is 1.84 bits per heavy atom. The molecule has 25 heavy (non-hydrogen) atoms. The van der Waals surface area contributed by atoms with Gasteiger partial charge in [-0.15, -0.1) is 0 Å². The van der Waals surface area contributed by atoms with Crippen molar-refractivity contribution in [3.63, 3.8) is 0 Å². The van der Waals surface area contributed by atoms with E-state index in [0.717, 1.165) is 10.0 Å². The number of carbonyl (C=O) groups is 2. The highest BCUT2D eigenvalue weighted by atomic mass is 79.9. The number of nitrogens with one attached hydrogen (secondary N) is 2. The summed E-state index contributed by atoms with van der Waals surface area (Å²) in [6.07, 6.45) is 0.747. The van der Waals surface area contributed by atoms with Crippen LogP contribution in [0, 0.1) is 0 Å². The van der Waals surface area contributed by atoms with Gasteiger partial charge in [-0.3, -0.25) is 9.59 Å².